The van der Waals surface area contributed by atoms with Crippen LogP contribution < -0.4 is 11.2 Å². The molecule has 1 radical (unpaired) electrons. The van der Waals surface area contributed by atoms with Gasteiger partial charge in [0.2, 0.25) is 11.8 Å². The Balaban J connectivity index is 1.98. The monoisotopic (exact) mass is 369 g/mol. The number of nitrogens with one attached hydrogen (secondary N) is 1. The van der Waals surface area contributed by atoms with Crippen LogP contribution in [0.15, 0.2) is 16.8 Å². The lowest BCUT2D eigenvalue weighted by molar-refractivity contribution is -0.150. The lowest BCUT2D eigenvalue weighted by Crippen LogP contribution is -2.50. The molecule has 1 saturated carbocycles. The third-order valence-electron chi connectivity index (χ3n) is 5.01. The average molecular weight is 369 g/mol. The molecule has 1 aromatic rings. The van der Waals surface area contributed by atoms with Crippen LogP contribution in [0, 0.1) is 18.3 Å². The van der Waals surface area contributed by atoms with Crippen molar-refractivity contribution in [2.75, 3.05) is 0 Å². The summed E-state index contributed by atoms with van der Waals surface area (Å²) in [7, 11) is 0. The van der Waals surface area contributed by atoms with Crippen LogP contribution in [0.1, 0.15) is 37.7 Å². The standard InChI is InChI=1S/C17H25N2O5S/c18-15(21)12-3-6-17(23,7-4-12)14(16(22)19-24)9-13(20)2-1-11-5-8-25-10-11/h2,5,8,10,12-14,20,23-24H,1,3-4,6-7,9H2,(H2,18,21)(H,19,22). The zero-order valence-corrected chi connectivity index (χ0v) is 14.7. The molecule has 2 amide bonds. The molecule has 0 bridgehead atoms. The molecule has 8 heteroatoms. The van der Waals surface area contributed by atoms with Crippen LogP contribution in [0.5, 0.6) is 0 Å². The van der Waals surface area contributed by atoms with Crippen molar-refractivity contribution in [1.29, 1.82) is 0 Å². The number of hydrogen-bond donors (Lipinski definition) is 5. The van der Waals surface area contributed by atoms with Crippen LogP contribution >= 0.6 is 11.3 Å². The number of aliphatic hydroxyl groups excluding tert-OH is 1. The minimum atomic E-state index is -1.38. The lowest BCUT2D eigenvalue weighted by atomic mass is 9.70. The Morgan fingerprint density at radius 3 is 2.64 bits per heavy atom. The maximum atomic E-state index is 12.1. The normalized spacial score (nSPS) is 26.0. The van der Waals surface area contributed by atoms with Gasteiger partial charge in [-0.15, -0.1) is 0 Å². The topological polar surface area (TPSA) is 133 Å². The maximum absolute atomic E-state index is 12.1. The first-order valence-electron chi connectivity index (χ1n) is 8.34. The summed E-state index contributed by atoms with van der Waals surface area (Å²) in [6.45, 7) is 0. The van der Waals surface area contributed by atoms with Crippen molar-refractivity contribution in [3.05, 3.63) is 28.8 Å². The molecule has 25 heavy (non-hydrogen) atoms. The highest BCUT2D eigenvalue weighted by Gasteiger charge is 2.45. The van der Waals surface area contributed by atoms with E-state index >= 15 is 0 Å². The third kappa shape index (κ3) is 5.24. The Labute approximate surface area is 150 Å². The summed E-state index contributed by atoms with van der Waals surface area (Å²) in [5.74, 6) is -2.43. The maximum Gasteiger partial charge on any atom is 0.249 e. The Bertz CT molecular complexity index is 570. The van der Waals surface area contributed by atoms with Crippen molar-refractivity contribution in [2.24, 2.45) is 17.6 Å². The number of carbonyl (C=O) groups is 2. The van der Waals surface area contributed by atoms with Crippen molar-refractivity contribution in [2.45, 2.75) is 50.2 Å². The second kappa shape index (κ2) is 8.75. The Morgan fingerprint density at radius 2 is 2.12 bits per heavy atom. The first kappa shape index (κ1) is 19.8. The number of amides is 2. The van der Waals surface area contributed by atoms with E-state index in [1.807, 2.05) is 16.8 Å². The predicted molar refractivity (Wildman–Crippen MR) is 92.5 cm³/mol. The second-order valence-electron chi connectivity index (χ2n) is 6.68. The van der Waals surface area contributed by atoms with Crippen LogP contribution in [0.2, 0.25) is 0 Å². The van der Waals surface area contributed by atoms with E-state index in [2.05, 4.69) is 0 Å². The number of hydroxylamine groups is 1. The van der Waals surface area contributed by atoms with Crippen molar-refractivity contribution >= 4 is 23.2 Å². The molecular weight excluding hydrogens is 344 g/mol. The molecule has 2 rings (SSSR count). The van der Waals surface area contributed by atoms with Gasteiger partial charge in [-0.2, -0.15) is 11.3 Å². The molecule has 1 heterocycles. The molecule has 1 aliphatic rings. The summed E-state index contributed by atoms with van der Waals surface area (Å²) in [6, 6.07) is 1.95. The van der Waals surface area contributed by atoms with Gasteiger partial charge in [-0.3, -0.25) is 14.8 Å². The van der Waals surface area contributed by atoms with E-state index in [4.69, 9.17) is 10.9 Å². The van der Waals surface area contributed by atoms with Gasteiger partial charge < -0.3 is 15.9 Å². The third-order valence-corrected chi connectivity index (χ3v) is 5.74. The molecule has 139 valence electrons. The van der Waals surface area contributed by atoms with E-state index in [-0.39, 0.29) is 25.2 Å². The van der Waals surface area contributed by atoms with Crippen molar-refractivity contribution in [3.8, 4) is 0 Å². The van der Waals surface area contributed by atoms with E-state index in [0.717, 1.165) is 5.56 Å². The summed E-state index contributed by atoms with van der Waals surface area (Å²) >= 11 is 1.56. The van der Waals surface area contributed by atoms with E-state index in [0.29, 0.717) is 19.3 Å². The molecule has 2 unspecified atom stereocenters. The molecule has 1 aliphatic carbocycles. The number of nitrogens with two attached hydrogens (primary N) is 1. The van der Waals surface area contributed by atoms with Gasteiger partial charge in [-0.1, -0.05) is 0 Å². The summed E-state index contributed by atoms with van der Waals surface area (Å²) in [5.41, 5.74) is 6.57. The van der Waals surface area contributed by atoms with Gasteiger partial charge in [0.25, 0.3) is 0 Å². The number of primary amides is 1. The minimum absolute atomic E-state index is 0.00569. The highest BCUT2D eigenvalue weighted by Crippen LogP contribution is 2.39. The molecule has 0 saturated heterocycles. The fourth-order valence-corrected chi connectivity index (χ4v) is 4.10. The average Bonchev–Trinajstić information content (AvgIpc) is 3.11. The number of thiophene rings is 1. The van der Waals surface area contributed by atoms with Crippen LogP contribution in [-0.4, -0.2) is 38.9 Å². The Hall–Kier alpha value is -1.48. The summed E-state index contributed by atoms with van der Waals surface area (Å²) in [5, 5.41) is 34.1. The van der Waals surface area contributed by atoms with Gasteiger partial charge in [0, 0.05) is 5.92 Å². The first-order chi connectivity index (χ1) is 11.9. The molecule has 0 aromatic carbocycles. The lowest BCUT2D eigenvalue weighted by Gasteiger charge is -2.40. The molecule has 0 aliphatic heterocycles. The SMILES string of the molecule is NC(=O)C1CCC(O)(C(CC(O)[CH]Cc2ccsc2)C(=O)NO)CC1. The van der Waals surface area contributed by atoms with E-state index in [9.17, 15) is 19.8 Å². The van der Waals surface area contributed by atoms with Crippen molar-refractivity contribution in [1.82, 2.24) is 5.48 Å². The smallest absolute Gasteiger partial charge is 0.249 e. The Kier molecular flexibility index (Phi) is 6.95. The zero-order valence-electron chi connectivity index (χ0n) is 13.9. The van der Waals surface area contributed by atoms with Crippen molar-refractivity contribution < 1.29 is 25.0 Å². The van der Waals surface area contributed by atoms with Gasteiger partial charge >= 0.3 is 0 Å². The molecule has 6 N–H and O–H groups in total. The summed E-state index contributed by atoms with van der Waals surface area (Å²) in [6.07, 6.45) is 2.53. The number of rotatable bonds is 8. The van der Waals surface area contributed by atoms with Crippen LogP contribution in [0.25, 0.3) is 0 Å². The van der Waals surface area contributed by atoms with Gasteiger partial charge in [0.15, 0.2) is 0 Å². The van der Waals surface area contributed by atoms with E-state index in [1.54, 1.807) is 23.2 Å². The number of aliphatic hydroxyl groups is 2. The first-order valence-corrected chi connectivity index (χ1v) is 9.28. The fraction of sp³-hybridized carbons (Fsp3) is 0.588. The molecule has 1 fully saturated rings. The largest absolute Gasteiger partial charge is 0.393 e. The summed E-state index contributed by atoms with van der Waals surface area (Å²) in [4.78, 5) is 23.3. The minimum Gasteiger partial charge on any atom is -0.393 e. The van der Waals surface area contributed by atoms with Crippen molar-refractivity contribution in [3.63, 3.8) is 0 Å². The van der Waals surface area contributed by atoms with Crippen LogP contribution in [-0.2, 0) is 16.0 Å². The van der Waals surface area contributed by atoms with Gasteiger partial charge in [0.1, 0.15) is 0 Å². The van der Waals surface area contributed by atoms with Gasteiger partial charge in [0.05, 0.1) is 17.6 Å². The summed E-state index contributed by atoms with van der Waals surface area (Å²) < 4.78 is 0. The molecule has 1 aromatic heterocycles. The molecular formula is C17H25N2O5S. The Morgan fingerprint density at radius 1 is 1.44 bits per heavy atom. The van der Waals surface area contributed by atoms with E-state index in [1.165, 1.54) is 0 Å². The van der Waals surface area contributed by atoms with Crippen LogP contribution in [0.4, 0.5) is 0 Å². The van der Waals surface area contributed by atoms with Gasteiger partial charge in [-0.25, -0.2) is 5.48 Å². The number of carbonyl (C=O) groups excluding carboxylic acids is 2. The second-order valence-corrected chi connectivity index (χ2v) is 7.46. The van der Waals surface area contributed by atoms with Crippen LogP contribution in [0.3, 0.4) is 0 Å². The highest BCUT2D eigenvalue weighted by molar-refractivity contribution is 7.07. The quantitative estimate of drug-likeness (QED) is 0.341. The molecule has 2 atom stereocenters. The zero-order chi connectivity index (χ0) is 18.4. The van der Waals surface area contributed by atoms with Gasteiger partial charge in [-0.05, 0) is 67.3 Å². The highest BCUT2D eigenvalue weighted by atomic mass is 32.1. The fourth-order valence-electron chi connectivity index (χ4n) is 3.42. The molecule has 0 spiro atoms. The number of hydrogen-bond acceptors (Lipinski definition) is 6. The predicted octanol–water partition coefficient (Wildman–Crippen LogP) is 0.774. The van der Waals surface area contributed by atoms with E-state index < -0.39 is 29.4 Å². The molecule has 7 nitrogen and oxygen atoms in total.